The maximum Gasteiger partial charge on any atom is 0.135 e. The van der Waals surface area contributed by atoms with Gasteiger partial charge in [0.25, 0.3) is 0 Å². The topological polar surface area (TPSA) is 185 Å². The zero-order chi connectivity index (χ0) is 37.6. The lowest BCUT2D eigenvalue weighted by Gasteiger charge is -2.46. The summed E-state index contributed by atoms with van der Waals surface area (Å²) in [6.07, 6.45) is -2.71. The monoisotopic (exact) mass is 747 g/mol. The third-order valence-electron chi connectivity index (χ3n) is 13.1. The number of aliphatic hydroxyl groups excluding tert-OH is 3. The largest absolute Gasteiger partial charge is 0.392 e. The molecule has 7 rings (SSSR count). The zero-order valence-corrected chi connectivity index (χ0v) is 31.3. The minimum absolute atomic E-state index is 0.0126. The van der Waals surface area contributed by atoms with Gasteiger partial charge in [-0.1, -0.05) is 20.1 Å². The molecule has 0 aromatic rings. The summed E-state index contributed by atoms with van der Waals surface area (Å²) >= 11 is 0. The van der Waals surface area contributed by atoms with Crippen LogP contribution in [0.5, 0.6) is 0 Å². The number of aliphatic hydroxyl groups is 3. The van der Waals surface area contributed by atoms with Gasteiger partial charge in [-0.15, -0.1) is 0 Å². The molecule has 0 saturated carbocycles. The summed E-state index contributed by atoms with van der Waals surface area (Å²) < 4.78 is 44.5. The number of Topliss-reactive ketones (excluding diaryl/α,β-unsaturated/α-hetero) is 2. The molecular formula is C40H61NO12. The van der Waals surface area contributed by atoms with Gasteiger partial charge in [0.15, 0.2) is 0 Å². The van der Waals surface area contributed by atoms with E-state index in [-0.39, 0.29) is 92.6 Å². The molecule has 7 heterocycles. The van der Waals surface area contributed by atoms with Crippen molar-refractivity contribution in [1.82, 2.24) is 0 Å². The molecule has 0 amide bonds. The summed E-state index contributed by atoms with van der Waals surface area (Å²) in [5.74, 6) is -0.133. The minimum Gasteiger partial charge on any atom is -0.392 e. The Balaban J connectivity index is 1.11. The minimum atomic E-state index is -1.09. The van der Waals surface area contributed by atoms with Gasteiger partial charge in [-0.2, -0.15) is 0 Å². The second kappa shape index (κ2) is 16.9. The fraction of sp³-hybridized carbons (Fsp3) is 0.850. The number of carbonyl (C=O) groups is 2. The first kappa shape index (κ1) is 39.6. The molecule has 0 aromatic heterocycles. The molecule has 0 radical (unpaired) electrons. The molecule has 7 saturated heterocycles. The average molecular weight is 748 g/mol. The molecule has 53 heavy (non-hydrogen) atoms. The zero-order valence-electron chi connectivity index (χ0n) is 31.3. The number of fused-ring (bicyclic) bond motifs is 7. The molecule has 7 fully saturated rings. The Morgan fingerprint density at radius 3 is 2.25 bits per heavy atom. The number of ether oxygens (including phenoxy) is 7. The third kappa shape index (κ3) is 8.56. The van der Waals surface area contributed by atoms with Crippen molar-refractivity contribution in [1.29, 1.82) is 0 Å². The molecule has 0 aromatic carbocycles. The van der Waals surface area contributed by atoms with E-state index in [9.17, 15) is 24.9 Å². The highest BCUT2D eigenvalue weighted by molar-refractivity contribution is 5.79. The fourth-order valence-corrected chi connectivity index (χ4v) is 10.2. The number of carbonyl (C=O) groups excluding carboxylic acids is 2. The molecule has 0 aliphatic carbocycles. The SMILES string of the molecule is C=C1C[C@@H]2CCC(=O)CC3O[C@H]4[C@@H](O)[C@H]5O[C@H](CC[C@@H]5O[C@H]4[C@H]3O)CC(=O)C[C@@H]3[C@@H](OC)[C@@H](C[C@H](O)CN)O[C@H]3C[C@H]3O[C@@H](CC[C@@H]1O2)C[C@@H](C)C3=C. The number of ketones is 2. The number of hydrogen-bond acceptors (Lipinski definition) is 13. The van der Waals surface area contributed by atoms with Crippen LogP contribution in [0.3, 0.4) is 0 Å². The Morgan fingerprint density at radius 1 is 0.755 bits per heavy atom. The van der Waals surface area contributed by atoms with Gasteiger partial charge in [0.2, 0.25) is 0 Å². The van der Waals surface area contributed by atoms with E-state index < -0.39 is 67.1 Å². The average Bonchev–Trinajstić information content (AvgIpc) is 3.76. The predicted octanol–water partition coefficient (Wildman–Crippen LogP) is 2.24. The van der Waals surface area contributed by atoms with Crippen molar-refractivity contribution in [3.05, 3.63) is 24.3 Å². The van der Waals surface area contributed by atoms with Crippen LogP contribution in [0.1, 0.15) is 90.4 Å². The lowest BCUT2D eigenvalue weighted by molar-refractivity contribution is -0.259. The van der Waals surface area contributed by atoms with Crippen molar-refractivity contribution in [2.24, 2.45) is 17.6 Å². The molecule has 13 nitrogen and oxygen atoms in total. The van der Waals surface area contributed by atoms with E-state index >= 15 is 0 Å². The van der Waals surface area contributed by atoms with Gasteiger partial charge >= 0.3 is 0 Å². The highest BCUT2D eigenvalue weighted by Gasteiger charge is 2.57. The first-order valence-corrected chi connectivity index (χ1v) is 20.0. The molecule has 1 unspecified atom stereocenters. The van der Waals surface area contributed by atoms with E-state index in [0.717, 1.165) is 30.4 Å². The summed E-state index contributed by atoms with van der Waals surface area (Å²) in [5.41, 5.74) is 7.80. The van der Waals surface area contributed by atoms with Crippen LogP contribution in [-0.2, 0) is 42.7 Å². The molecule has 7 aliphatic heterocycles. The third-order valence-corrected chi connectivity index (χ3v) is 13.1. The van der Waals surface area contributed by atoms with Crippen LogP contribution >= 0.6 is 0 Å². The molecule has 5 N–H and O–H groups in total. The molecule has 298 valence electrons. The highest BCUT2D eigenvalue weighted by atomic mass is 16.6. The van der Waals surface area contributed by atoms with Crippen molar-refractivity contribution < 1.29 is 58.1 Å². The van der Waals surface area contributed by atoms with Crippen LogP contribution in [0.25, 0.3) is 0 Å². The Labute approximate surface area is 312 Å². The lowest BCUT2D eigenvalue weighted by atomic mass is 9.81. The van der Waals surface area contributed by atoms with Gasteiger partial charge in [-0.05, 0) is 62.0 Å². The number of rotatable bonds is 4. The normalized spacial score (nSPS) is 47.7. The van der Waals surface area contributed by atoms with Gasteiger partial charge < -0.3 is 54.2 Å². The summed E-state index contributed by atoms with van der Waals surface area (Å²) in [7, 11) is 1.61. The standard InChI is InChI=1S/C40H61NO12/c1-19-11-26-7-9-29-20(2)12-25(48-29)6-5-22(42)15-33-35(45)39-40(53-33)36(46)38-30(52-39)10-8-27(50-38)13-23(43)14-28-32(17-31(49-26)21(19)3)51-34(37(28)47-4)16-24(44)18-41/h19,24-40,44-46H,2-3,5-18,41H2,1,4H3/t19-,24+,25+,26+,27-,28+,29+,30+,31-,32+,33?,34-,35+,36+,37-,38+,39+,40+/m1/s1. The van der Waals surface area contributed by atoms with Crippen molar-refractivity contribution in [2.45, 2.75) is 188 Å². The van der Waals surface area contributed by atoms with Crippen molar-refractivity contribution in [2.75, 3.05) is 13.7 Å². The van der Waals surface area contributed by atoms with Crippen molar-refractivity contribution >= 4 is 11.6 Å². The second-order valence-corrected chi connectivity index (χ2v) is 16.9. The molecule has 18 atom stereocenters. The lowest BCUT2D eigenvalue weighted by Crippen LogP contribution is -2.61. The smallest absolute Gasteiger partial charge is 0.135 e. The number of hydrogen-bond donors (Lipinski definition) is 4. The summed E-state index contributed by atoms with van der Waals surface area (Å²) in [6.45, 7) is 11.0. The van der Waals surface area contributed by atoms with Crippen molar-refractivity contribution in [3.63, 3.8) is 0 Å². The highest BCUT2D eigenvalue weighted by Crippen LogP contribution is 2.43. The summed E-state index contributed by atoms with van der Waals surface area (Å²) in [4.78, 5) is 27.0. The van der Waals surface area contributed by atoms with Gasteiger partial charge in [-0.3, -0.25) is 9.59 Å². The molecular weight excluding hydrogens is 686 g/mol. The van der Waals surface area contributed by atoms with E-state index in [1.54, 1.807) is 7.11 Å². The second-order valence-electron chi connectivity index (χ2n) is 16.9. The predicted molar refractivity (Wildman–Crippen MR) is 191 cm³/mol. The molecule has 13 heteroatoms. The van der Waals surface area contributed by atoms with Crippen LogP contribution in [0.15, 0.2) is 24.3 Å². The van der Waals surface area contributed by atoms with Crippen LogP contribution < -0.4 is 5.73 Å². The Morgan fingerprint density at radius 2 is 1.47 bits per heavy atom. The fourth-order valence-electron chi connectivity index (χ4n) is 10.2. The van der Waals surface area contributed by atoms with Crippen LogP contribution in [0, 0.1) is 11.8 Å². The summed E-state index contributed by atoms with van der Waals surface area (Å²) in [6, 6.07) is 0. The van der Waals surface area contributed by atoms with Crippen LogP contribution in [0.2, 0.25) is 0 Å². The Hall–Kier alpha value is -1.62. The first-order chi connectivity index (χ1) is 25.4. The molecule has 8 bridgehead atoms. The Bertz CT molecular complexity index is 1340. The van der Waals surface area contributed by atoms with E-state index in [2.05, 4.69) is 20.1 Å². The molecule has 0 spiro atoms. The number of nitrogens with two attached hydrogens (primary N) is 1. The van der Waals surface area contributed by atoms with Crippen molar-refractivity contribution in [3.8, 4) is 0 Å². The maximum absolute atomic E-state index is 13.9. The van der Waals surface area contributed by atoms with E-state index in [0.29, 0.717) is 32.1 Å². The van der Waals surface area contributed by atoms with E-state index in [4.69, 9.17) is 38.9 Å². The van der Waals surface area contributed by atoms with E-state index in [1.165, 1.54) is 0 Å². The van der Waals surface area contributed by atoms with Gasteiger partial charge in [0.1, 0.15) is 42.1 Å². The molecule has 7 aliphatic rings. The van der Waals surface area contributed by atoms with E-state index in [1.807, 2.05) is 0 Å². The summed E-state index contributed by atoms with van der Waals surface area (Å²) in [5, 5.41) is 33.1. The van der Waals surface area contributed by atoms with Gasteiger partial charge in [-0.25, -0.2) is 0 Å². The maximum atomic E-state index is 13.9. The quantitative estimate of drug-likeness (QED) is 0.308. The van der Waals surface area contributed by atoms with Gasteiger partial charge in [0.05, 0.1) is 67.1 Å². The Kier molecular flexibility index (Phi) is 12.6. The van der Waals surface area contributed by atoms with Crippen LogP contribution in [0.4, 0.5) is 0 Å². The first-order valence-electron chi connectivity index (χ1n) is 20.0. The number of methoxy groups -OCH3 is 1. The van der Waals surface area contributed by atoms with Gasteiger partial charge in [0, 0.05) is 58.1 Å². The van der Waals surface area contributed by atoms with Crippen LogP contribution in [-0.4, -0.2) is 138 Å².